The van der Waals surface area contributed by atoms with Crippen molar-refractivity contribution in [1.29, 1.82) is 0 Å². The molecule has 8 nitrogen and oxygen atoms in total. The smallest absolute Gasteiger partial charge is 0.282 e. The van der Waals surface area contributed by atoms with Crippen LogP contribution in [0.4, 0.5) is 0 Å². The fourth-order valence-electron chi connectivity index (χ4n) is 2.04. The molecule has 1 aromatic rings. The van der Waals surface area contributed by atoms with Gasteiger partial charge < -0.3 is 15.5 Å². The second-order valence-corrected chi connectivity index (χ2v) is 6.18. The van der Waals surface area contributed by atoms with Crippen LogP contribution in [0, 0.1) is 6.92 Å². The maximum absolute atomic E-state index is 11.7. The van der Waals surface area contributed by atoms with Crippen LogP contribution in [0.25, 0.3) is 0 Å². The van der Waals surface area contributed by atoms with Crippen LogP contribution in [-0.2, 0) is 19.6 Å². The molecule has 0 spiro atoms. The van der Waals surface area contributed by atoms with Crippen molar-refractivity contribution >= 4 is 21.8 Å². The zero-order valence-electron chi connectivity index (χ0n) is 11.5. The third-order valence-corrected chi connectivity index (χ3v) is 4.40. The molecule has 0 bridgehead atoms. The minimum Gasteiger partial charge on any atom is -0.464 e. The molecule has 1 atom stereocenters. The molecule has 0 fully saturated rings. The summed E-state index contributed by atoms with van der Waals surface area (Å²) in [7, 11) is -4.20. The van der Waals surface area contributed by atoms with Crippen LogP contribution in [0.2, 0.25) is 0 Å². The van der Waals surface area contributed by atoms with Crippen LogP contribution >= 0.6 is 0 Å². The third-order valence-electron chi connectivity index (χ3n) is 3.01. The molecular formula is C12H15N3O5S. The summed E-state index contributed by atoms with van der Waals surface area (Å²) in [4.78, 5) is 22.3. The Balaban J connectivity index is 2.41. The number of carbonyl (C=O) groups is 2. The van der Waals surface area contributed by atoms with Gasteiger partial charge in [0, 0.05) is 0 Å². The molecule has 4 N–H and O–H groups in total. The summed E-state index contributed by atoms with van der Waals surface area (Å²) >= 11 is 0. The molecule has 9 heteroatoms. The number of aryl methyl sites for hydroxylation is 1. The monoisotopic (exact) mass is 313 g/mol. The standard InChI is InChI=1S/C12H15N3O5S/c1-3-7(8-5-4-6(2)20-8)14-9-10(11(13)16)21(18,19)15-12(9)17/h4-5,7,14H,3H2,1-2H3,(H2,13,16)(H,15,17). The van der Waals surface area contributed by atoms with Crippen LogP contribution in [0.15, 0.2) is 27.2 Å². The molecule has 114 valence electrons. The van der Waals surface area contributed by atoms with Gasteiger partial charge in [-0.15, -0.1) is 0 Å². The number of furan rings is 1. The largest absolute Gasteiger partial charge is 0.464 e. The normalized spacial score (nSPS) is 18.5. The first-order valence-corrected chi connectivity index (χ1v) is 7.68. The average Bonchev–Trinajstić information content (AvgIpc) is 2.87. The predicted octanol–water partition coefficient (Wildman–Crippen LogP) is -0.215. The van der Waals surface area contributed by atoms with E-state index in [1.54, 1.807) is 23.8 Å². The van der Waals surface area contributed by atoms with Crippen LogP contribution in [0.3, 0.4) is 0 Å². The number of sulfonamides is 1. The molecule has 1 aromatic heterocycles. The number of hydrogen-bond donors (Lipinski definition) is 3. The number of rotatable bonds is 5. The molecule has 0 radical (unpaired) electrons. The van der Waals surface area contributed by atoms with Crippen molar-refractivity contribution in [2.45, 2.75) is 26.3 Å². The molecule has 2 amide bonds. The highest BCUT2D eigenvalue weighted by Crippen LogP contribution is 2.24. The third kappa shape index (κ3) is 2.77. The Labute approximate surface area is 121 Å². The highest BCUT2D eigenvalue weighted by Gasteiger charge is 2.40. The number of carbonyl (C=O) groups excluding carboxylic acids is 2. The Bertz CT molecular complexity index is 732. The number of amides is 2. The summed E-state index contributed by atoms with van der Waals surface area (Å²) in [6, 6.07) is 3.00. The van der Waals surface area contributed by atoms with Gasteiger partial charge in [0.2, 0.25) is 0 Å². The van der Waals surface area contributed by atoms with E-state index >= 15 is 0 Å². The molecule has 0 saturated carbocycles. The van der Waals surface area contributed by atoms with Crippen LogP contribution in [0.1, 0.15) is 30.9 Å². The summed E-state index contributed by atoms with van der Waals surface area (Å²) in [6.07, 6.45) is 0.510. The van der Waals surface area contributed by atoms with E-state index in [4.69, 9.17) is 10.2 Å². The molecule has 0 aliphatic carbocycles. The maximum Gasteiger partial charge on any atom is 0.282 e. The summed E-state index contributed by atoms with van der Waals surface area (Å²) in [6.45, 7) is 3.58. The molecule has 21 heavy (non-hydrogen) atoms. The average molecular weight is 313 g/mol. The van der Waals surface area contributed by atoms with E-state index in [9.17, 15) is 18.0 Å². The molecule has 2 heterocycles. The van der Waals surface area contributed by atoms with Gasteiger partial charge in [0.1, 0.15) is 17.2 Å². The Morgan fingerprint density at radius 3 is 2.62 bits per heavy atom. The summed E-state index contributed by atoms with van der Waals surface area (Å²) in [5, 5.41) is 2.73. The van der Waals surface area contributed by atoms with E-state index in [1.165, 1.54) is 0 Å². The van der Waals surface area contributed by atoms with Crippen molar-refractivity contribution in [1.82, 2.24) is 10.0 Å². The fraction of sp³-hybridized carbons (Fsp3) is 0.333. The zero-order valence-corrected chi connectivity index (χ0v) is 12.3. The Hall–Kier alpha value is -2.29. The Kier molecular flexibility index (Phi) is 3.77. The molecule has 1 aliphatic rings. The number of hydrogen-bond acceptors (Lipinski definition) is 6. The Morgan fingerprint density at radius 2 is 2.14 bits per heavy atom. The van der Waals surface area contributed by atoms with Gasteiger partial charge in [-0.05, 0) is 25.5 Å². The van der Waals surface area contributed by atoms with Crippen molar-refractivity contribution in [3.63, 3.8) is 0 Å². The fourth-order valence-corrected chi connectivity index (χ4v) is 3.17. The number of primary amides is 1. The van der Waals surface area contributed by atoms with Crippen LogP contribution in [-0.4, -0.2) is 20.2 Å². The van der Waals surface area contributed by atoms with Gasteiger partial charge in [0.15, 0.2) is 4.91 Å². The zero-order chi connectivity index (χ0) is 15.8. The van der Waals surface area contributed by atoms with Gasteiger partial charge in [-0.2, -0.15) is 0 Å². The lowest BCUT2D eigenvalue weighted by Crippen LogP contribution is -2.29. The van der Waals surface area contributed by atoms with E-state index in [0.29, 0.717) is 17.9 Å². The molecule has 0 saturated heterocycles. The van der Waals surface area contributed by atoms with E-state index in [2.05, 4.69) is 5.32 Å². The lowest BCUT2D eigenvalue weighted by atomic mass is 10.1. The Morgan fingerprint density at radius 1 is 1.48 bits per heavy atom. The highest BCUT2D eigenvalue weighted by molar-refractivity contribution is 7.95. The topological polar surface area (TPSA) is 132 Å². The van der Waals surface area contributed by atoms with E-state index in [1.807, 2.05) is 6.92 Å². The van der Waals surface area contributed by atoms with Gasteiger partial charge in [-0.25, -0.2) is 13.1 Å². The quantitative estimate of drug-likeness (QED) is 0.689. The van der Waals surface area contributed by atoms with Crippen molar-refractivity contribution in [2.75, 3.05) is 0 Å². The SMILES string of the molecule is CCC(NC1=C(C(N)=O)S(=O)(=O)NC1=O)c1ccc(C)o1. The molecule has 0 aromatic carbocycles. The molecular weight excluding hydrogens is 298 g/mol. The van der Waals surface area contributed by atoms with Crippen molar-refractivity contribution in [2.24, 2.45) is 5.73 Å². The minimum atomic E-state index is -4.20. The van der Waals surface area contributed by atoms with Crippen molar-refractivity contribution in [3.8, 4) is 0 Å². The van der Waals surface area contributed by atoms with Gasteiger partial charge in [0.05, 0.1) is 6.04 Å². The number of nitrogens with one attached hydrogen (secondary N) is 2. The first-order valence-electron chi connectivity index (χ1n) is 6.20. The second-order valence-electron chi connectivity index (χ2n) is 4.56. The van der Waals surface area contributed by atoms with Crippen molar-refractivity contribution < 1.29 is 22.4 Å². The number of nitrogens with two attached hydrogens (primary N) is 1. The molecule has 2 rings (SSSR count). The van der Waals surface area contributed by atoms with Crippen molar-refractivity contribution in [3.05, 3.63) is 34.3 Å². The van der Waals surface area contributed by atoms with E-state index in [-0.39, 0.29) is 5.70 Å². The highest BCUT2D eigenvalue weighted by atomic mass is 32.2. The maximum atomic E-state index is 11.7. The van der Waals surface area contributed by atoms with E-state index in [0.717, 1.165) is 0 Å². The predicted molar refractivity (Wildman–Crippen MR) is 72.9 cm³/mol. The second kappa shape index (κ2) is 5.24. The molecule has 1 unspecified atom stereocenters. The van der Waals surface area contributed by atoms with Crippen LogP contribution < -0.4 is 15.8 Å². The first-order chi connectivity index (χ1) is 9.76. The first kappa shape index (κ1) is 15.1. The van der Waals surface area contributed by atoms with Crippen LogP contribution in [0.5, 0.6) is 0 Å². The van der Waals surface area contributed by atoms with E-state index < -0.39 is 32.8 Å². The minimum absolute atomic E-state index is 0.358. The van der Waals surface area contributed by atoms with Gasteiger partial charge in [-0.1, -0.05) is 6.92 Å². The lowest BCUT2D eigenvalue weighted by Gasteiger charge is -2.15. The summed E-state index contributed by atoms with van der Waals surface area (Å²) in [5.74, 6) is -0.895. The van der Waals surface area contributed by atoms with Gasteiger partial charge in [-0.3, -0.25) is 9.59 Å². The van der Waals surface area contributed by atoms with Gasteiger partial charge >= 0.3 is 0 Å². The lowest BCUT2D eigenvalue weighted by molar-refractivity contribution is -0.117. The molecule has 1 aliphatic heterocycles. The van der Waals surface area contributed by atoms with Gasteiger partial charge in [0.25, 0.3) is 21.8 Å². The summed E-state index contributed by atoms with van der Waals surface area (Å²) < 4.78 is 30.5. The summed E-state index contributed by atoms with van der Waals surface area (Å²) in [5.41, 5.74) is 4.70.